The van der Waals surface area contributed by atoms with Crippen molar-refractivity contribution in [1.29, 1.82) is 0 Å². The van der Waals surface area contributed by atoms with Crippen LogP contribution in [0.4, 0.5) is 0 Å². The first-order valence-electron chi connectivity index (χ1n) is 6.91. The Hall–Kier alpha value is 0.00688. The summed E-state index contributed by atoms with van der Waals surface area (Å²) in [6.07, 6.45) is 3.20. The Balaban J connectivity index is 2.96. The summed E-state index contributed by atoms with van der Waals surface area (Å²) < 4.78 is 4.76. The Labute approximate surface area is 144 Å². The molecule has 0 spiro atoms. The minimum Gasteiger partial charge on any atom is -0.406 e. The van der Waals surface area contributed by atoms with E-state index >= 15 is 0 Å². The van der Waals surface area contributed by atoms with E-state index in [9.17, 15) is 0 Å². The van der Waals surface area contributed by atoms with Gasteiger partial charge in [0.15, 0.2) is 8.32 Å². The minimum absolute atomic E-state index is 0.0573. The summed E-state index contributed by atoms with van der Waals surface area (Å²) in [5.41, 5.74) is 1.05. The van der Waals surface area contributed by atoms with Crippen LogP contribution in [0.15, 0.2) is 36.4 Å². The molecule has 5 heteroatoms. The number of rotatable bonds is 4. The number of hydrogen-bond acceptors (Lipinski definition) is 1. The molecule has 0 aliphatic heterocycles. The van der Waals surface area contributed by atoms with E-state index in [1.54, 1.807) is 0 Å². The monoisotopic (exact) mass is 364 g/mol. The van der Waals surface area contributed by atoms with Crippen molar-refractivity contribution in [2.45, 2.75) is 48.8 Å². The summed E-state index contributed by atoms with van der Waals surface area (Å²) in [6.45, 7) is 10.8. The highest BCUT2D eigenvalue weighted by atomic mass is 35.6. The molecule has 0 saturated carbocycles. The van der Waals surface area contributed by atoms with Crippen molar-refractivity contribution >= 4 is 49.2 Å². The van der Waals surface area contributed by atoms with Crippen LogP contribution in [-0.2, 0) is 4.43 Å². The van der Waals surface area contributed by atoms with Crippen molar-refractivity contribution in [3.05, 3.63) is 42.0 Å². The highest BCUT2D eigenvalue weighted by molar-refractivity contribution is 6.74. The van der Waals surface area contributed by atoms with Gasteiger partial charge in [-0.05, 0) is 23.7 Å². The van der Waals surface area contributed by atoms with Gasteiger partial charge in [-0.25, -0.2) is 0 Å². The van der Waals surface area contributed by atoms with Gasteiger partial charge in [-0.1, -0.05) is 98.1 Å². The van der Waals surface area contributed by atoms with E-state index < -0.39 is 18.2 Å². The lowest BCUT2D eigenvalue weighted by molar-refractivity contribution is 0.229. The lowest BCUT2D eigenvalue weighted by Crippen LogP contribution is -2.46. The minimum atomic E-state index is -2.02. The van der Waals surface area contributed by atoms with Gasteiger partial charge in [0.05, 0.1) is 0 Å². The molecular formula is C16H23Cl3OSi. The third-order valence-electron chi connectivity index (χ3n) is 3.81. The van der Waals surface area contributed by atoms with Gasteiger partial charge in [-0.3, -0.25) is 0 Å². The van der Waals surface area contributed by atoms with Crippen LogP contribution in [0.5, 0.6) is 0 Å². The Morgan fingerprint density at radius 2 is 1.57 bits per heavy atom. The highest BCUT2D eigenvalue weighted by Crippen LogP contribution is 2.42. The molecule has 0 amide bonds. The molecule has 1 aromatic rings. The average molecular weight is 366 g/mol. The summed E-state index contributed by atoms with van der Waals surface area (Å²) in [6, 6.07) is 9.91. The lowest BCUT2D eigenvalue weighted by atomic mass is 10.2. The Bertz CT molecular complexity index is 473. The summed E-state index contributed by atoms with van der Waals surface area (Å²) in [5.74, 6) is 0. The van der Waals surface area contributed by atoms with Gasteiger partial charge in [0.2, 0.25) is 3.79 Å². The Morgan fingerprint density at radius 1 is 1.05 bits per heavy atom. The maximum Gasteiger partial charge on any atom is 0.218 e. The van der Waals surface area contributed by atoms with Gasteiger partial charge in [0, 0.05) is 0 Å². The van der Waals surface area contributed by atoms with E-state index in [0.717, 1.165) is 5.56 Å². The first kappa shape index (κ1) is 19.1. The van der Waals surface area contributed by atoms with Crippen molar-refractivity contribution < 1.29 is 4.43 Å². The molecule has 0 aliphatic carbocycles. The summed E-state index contributed by atoms with van der Waals surface area (Å²) in [5, 5.41) is 0.0573. The van der Waals surface area contributed by atoms with Crippen molar-refractivity contribution in [3.8, 4) is 0 Å². The first-order chi connectivity index (χ1) is 9.43. The highest BCUT2D eigenvalue weighted by Gasteiger charge is 2.43. The van der Waals surface area contributed by atoms with E-state index in [2.05, 4.69) is 33.9 Å². The zero-order valence-electron chi connectivity index (χ0n) is 13.2. The van der Waals surface area contributed by atoms with Crippen LogP contribution in [0.1, 0.15) is 26.3 Å². The first-order valence-corrected chi connectivity index (χ1v) is 11.0. The molecule has 0 unspecified atom stereocenters. The maximum absolute atomic E-state index is 6.24. The molecule has 21 heavy (non-hydrogen) atoms. The van der Waals surface area contributed by atoms with Gasteiger partial charge in [0.1, 0.15) is 6.10 Å². The normalized spacial score (nSPS) is 15.4. The molecular weight excluding hydrogens is 343 g/mol. The quantitative estimate of drug-likeness (QED) is 0.439. The molecule has 1 aromatic carbocycles. The molecule has 1 atom stereocenters. The standard InChI is InChI=1S/C16H23Cl3OSi/c1-15(2,3)21(4,5)20-14(16(17,18)19)12-11-13-9-7-6-8-10-13/h6-12,14H,1-5H3/b12-11+/t14-/m0/s1. The fraction of sp³-hybridized carbons (Fsp3) is 0.500. The topological polar surface area (TPSA) is 9.23 Å². The molecule has 0 heterocycles. The number of alkyl halides is 3. The molecule has 118 valence electrons. The van der Waals surface area contributed by atoms with Crippen LogP contribution in [0, 0.1) is 0 Å². The smallest absolute Gasteiger partial charge is 0.218 e. The predicted octanol–water partition coefficient (Wildman–Crippen LogP) is 6.46. The molecule has 1 rings (SSSR count). The molecule has 0 fully saturated rings. The third kappa shape index (κ3) is 5.95. The van der Waals surface area contributed by atoms with Crippen LogP contribution in [-0.4, -0.2) is 18.2 Å². The van der Waals surface area contributed by atoms with Crippen LogP contribution < -0.4 is 0 Å². The fourth-order valence-corrected chi connectivity index (χ4v) is 3.29. The molecule has 0 saturated heterocycles. The summed E-state index contributed by atoms with van der Waals surface area (Å²) >= 11 is 18.3. The Kier molecular flexibility index (Phi) is 6.40. The van der Waals surface area contributed by atoms with Crippen LogP contribution in [0.3, 0.4) is 0 Å². The predicted molar refractivity (Wildman–Crippen MR) is 97.8 cm³/mol. The van der Waals surface area contributed by atoms with Crippen molar-refractivity contribution in [2.75, 3.05) is 0 Å². The van der Waals surface area contributed by atoms with Crippen LogP contribution in [0.2, 0.25) is 18.1 Å². The largest absolute Gasteiger partial charge is 0.406 e. The van der Waals surface area contributed by atoms with Gasteiger partial charge < -0.3 is 4.43 Å². The van der Waals surface area contributed by atoms with Gasteiger partial charge in [0.25, 0.3) is 0 Å². The second-order valence-electron chi connectivity index (χ2n) is 6.61. The molecule has 0 N–H and O–H groups in total. The average Bonchev–Trinajstić information content (AvgIpc) is 2.33. The second kappa shape index (κ2) is 7.06. The van der Waals surface area contributed by atoms with Gasteiger partial charge in [-0.15, -0.1) is 0 Å². The zero-order chi connectivity index (χ0) is 16.3. The van der Waals surface area contributed by atoms with Crippen molar-refractivity contribution in [3.63, 3.8) is 0 Å². The van der Waals surface area contributed by atoms with E-state index in [1.807, 2.05) is 42.5 Å². The lowest BCUT2D eigenvalue weighted by Gasteiger charge is -2.40. The molecule has 0 aromatic heterocycles. The van der Waals surface area contributed by atoms with Crippen LogP contribution in [0.25, 0.3) is 6.08 Å². The van der Waals surface area contributed by atoms with E-state index in [4.69, 9.17) is 39.2 Å². The maximum atomic E-state index is 6.24. The summed E-state index contributed by atoms with van der Waals surface area (Å²) in [4.78, 5) is 0. The fourth-order valence-electron chi connectivity index (χ4n) is 1.47. The SMILES string of the molecule is CC(C)(C)[Si](C)(C)O[C@@H](/C=C/c1ccccc1)C(Cl)(Cl)Cl. The molecule has 0 aliphatic rings. The number of hydrogen-bond donors (Lipinski definition) is 0. The number of benzene rings is 1. The molecule has 0 radical (unpaired) electrons. The van der Waals surface area contributed by atoms with E-state index in [1.165, 1.54) is 0 Å². The molecule has 1 nitrogen and oxygen atoms in total. The van der Waals surface area contributed by atoms with Crippen molar-refractivity contribution in [2.24, 2.45) is 0 Å². The van der Waals surface area contributed by atoms with Crippen LogP contribution >= 0.6 is 34.8 Å². The molecule has 0 bridgehead atoms. The van der Waals surface area contributed by atoms with Crippen molar-refractivity contribution in [1.82, 2.24) is 0 Å². The summed E-state index contributed by atoms with van der Waals surface area (Å²) in [7, 11) is -2.02. The third-order valence-corrected chi connectivity index (χ3v) is 8.91. The number of halogens is 3. The van der Waals surface area contributed by atoms with E-state index in [0.29, 0.717) is 0 Å². The van der Waals surface area contributed by atoms with Gasteiger partial charge >= 0.3 is 0 Å². The zero-order valence-corrected chi connectivity index (χ0v) is 16.4. The second-order valence-corrected chi connectivity index (χ2v) is 13.7. The van der Waals surface area contributed by atoms with Gasteiger partial charge in [-0.2, -0.15) is 0 Å². The Morgan fingerprint density at radius 3 is 2.00 bits per heavy atom. The van der Waals surface area contributed by atoms with E-state index in [-0.39, 0.29) is 5.04 Å².